The molecule has 0 aromatic carbocycles. The summed E-state index contributed by atoms with van der Waals surface area (Å²) in [6, 6.07) is 0. The van der Waals surface area contributed by atoms with Crippen molar-refractivity contribution in [1.29, 1.82) is 0 Å². The Bertz CT molecular complexity index is 648. The average Bonchev–Trinajstić information content (AvgIpc) is 2.94. The molecule has 0 fully saturated rings. The van der Waals surface area contributed by atoms with Crippen LogP contribution in [-0.2, 0) is 16.6 Å². The fourth-order valence-electron chi connectivity index (χ4n) is 4.22. The van der Waals surface area contributed by atoms with E-state index in [1.165, 1.54) is 0 Å². The van der Waals surface area contributed by atoms with E-state index in [9.17, 15) is 0 Å². The Balaban J connectivity index is 0.00000146. The summed E-state index contributed by atoms with van der Waals surface area (Å²) in [7, 11) is 1.50. The van der Waals surface area contributed by atoms with Crippen molar-refractivity contribution >= 4 is 6.19 Å². The molecule has 26 heavy (non-hydrogen) atoms. The molecule has 0 aromatic rings. The molecule has 2 aliphatic carbocycles. The second-order valence-corrected chi connectivity index (χ2v) is 19.1. The summed E-state index contributed by atoms with van der Waals surface area (Å²) < 4.78 is 3.80. The molecule has 2 nitrogen and oxygen atoms in total. The third-order valence-electron chi connectivity index (χ3n) is 6.32. The normalized spacial score (nSPS) is 22.0. The van der Waals surface area contributed by atoms with Gasteiger partial charge in [0.2, 0.25) is 0 Å². The number of rotatable bonds is 2. The van der Waals surface area contributed by atoms with E-state index in [1.807, 2.05) is 7.76 Å². The summed E-state index contributed by atoms with van der Waals surface area (Å²) >= 11 is -1.36. The van der Waals surface area contributed by atoms with E-state index in [0.29, 0.717) is 11.8 Å². The molecule has 146 valence electrons. The van der Waals surface area contributed by atoms with Crippen molar-refractivity contribution in [3.63, 3.8) is 0 Å². The van der Waals surface area contributed by atoms with Crippen molar-refractivity contribution in [3.05, 3.63) is 41.2 Å². The molecule has 2 aliphatic rings. The first-order valence-electron chi connectivity index (χ1n) is 9.38. The van der Waals surface area contributed by atoms with Crippen molar-refractivity contribution < 1.29 is 26.8 Å². The van der Waals surface area contributed by atoms with Crippen molar-refractivity contribution in [2.24, 2.45) is 11.8 Å². The molecule has 0 bridgehead atoms. The van der Waals surface area contributed by atoms with Crippen LogP contribution in [0.2, 0.25) is 13.1 Å². The maximum Gasteiger partial charge on any atom is -0.153 e. The zero-order valence-electron chi connectivity index (χ0n) is 19.0. The molecular weight excluding hydrogens is 372 g/mol. The number of allylic oxidation sites excluding steroid dienone is 8. The fourth-order valence-corrected chi connectivity index (χ4v) is 17.9. The van der Waals surface area contributed by atoms with Crippen LogP contribution in [0.4, 0.5) is 0 Å². The van der Waals surface area contributed by atoms with Crippen LogP contribution in [0.15, 0.2) is 41.2 Å². The van der Waals surface area contributed by atoms with E-state index in [0.717, 1.165) is 14.2 Å². The molecule has 2 rings (SSSR count). The maximum atomic E-state index is 8.25. The first-order valence-corrected chi connectivity index (χ1v) is 15.8. The molecule has 2 atom stereocenters. The number of hydrogen-bond donors (Lipinski definition) is 0. The molecule has 0 heterocycles. The van der Waals surface area contributed by atoms with Crippen LogP contribution in [0.1, 0.15) is 55.4 Å². The SMILES string of the molecule is CC1=C(C)C(C)[C]([Ti+2]([C]2=C(C)C(C)=C(C)C2C)=[Si](C)C)=C1C.C[O-].C[O-]. The van der Waals surface area contributed by atoms with E-state index in [4.69, 9.17) is 10.2 Å². The largest absolute Gasteiger partial charge is 0.857 e. The first-order chi connectivity index (χ1) is 12.1. The Labute approximate surface area is 168 Å². The predicted octanol–water partition coefficient (Wildman–Crippen LogP) is 4.33. The van der Waals surface area contributed by atoms with Gasteiger partial charge in [0.1, 0.15) is 0 Å². The smallest absolute Gasteiger partial charge is 0.153 e. The van der Waals surface area contributed by atoms with E-state index in [-0.39, 0.29) is 6.19 Å². The second kappa shape index (κ2) is 11.0. The standard InChI is InChI=1S/2C9H13.C2H6Si.2CH3O.Ti/c2*1-6-5-7(2)9(4)8(6)3;1-3-2;2*1-2;/h2*6H,1-4H3;1-2H3;2*1H3;/q;;;2*-1;+2. The summed E-state index contributed by atoms with van der Waals surface area (Å²) in [6.07, 6.45) is -0.264. The van der Waals surface area contributed by atoms with E-state index >= 15 is 0 Å². The topological polar surface area (TPSA) is 46.1 Å². The van der Waals surface area contributed by atoms with Crippen molar-refractivity contribution in [2.75, 3.05) is 14.2 Å². The molecule has 0 aliphatic heterocycles. The van der Waals surface area contributed by atoms with Gasteiger partial charge in [0, 0.05) is 0 Å². The molecule has 0 saturated heterocycles. The maximum absolute atomic E-state index is 8.25. The molecule has 2 unspecified atom stereocenters. The molecule has 0 spiro atoms. The van der Waals surface area contributed by atoms with Gasteiger partial charge in [-0.05, 0) is 0 Å². The van der Waals surface area contributed by atoms with Crippen molar-refractivity contribution in [1.82, 2.24) is 0 Å². The quantitative estimate of drug-likeness (QED) is 0.636. The van der Waals surface area contributed by atoms with Crippen LogP contribution in [0, 0.1) is 11.8 Å². The molecule has 0 radical (unpaired) electrons. The van der Waals surface area contributed by atoms with Gasteiger partial charge in [0.25, 0.3) is 0 Å². The molecule has 0 amide bonds. The predicted molar refractivity (Wildman–Crippen MR) is 110 cm³/mol. The molecule has 0 N–H and O–H groups in total. The molecule has 0 saturated carbocycles. The van der Waals surface area contributed by atoms with Crippen LogP contribution in [0.5, 0.6) is 0 Å². The van der Waals surface area contributed by atoms with E-state index < -0.39 is 16.6 Å². The van der Waals surface area contributed by atoms with Gasteiger partial charge in [-0.1, -0.05) is 0 Å². The zero-order chi connectivity index (χ0) is 20.9. The second-order valence-electron chi connectivity index (χ2n) is 7.51. The fraction of sp³-hybridized carbons (Fsp3) is 0.636. The Morgan fingerprint density at radius 2 is 0.885 bits per heavy atom. The van der Waals surface area contributed by atoms with Crippen LogP contribution in [0.25, 0.3) is 0 Å². The van der Waals surface area contributed by atoms with Gasteiger partial charge in [-0.2, -0.15) is 14.2 Å². The van der Waals surface area contributed by atoms with Gasteiger partial charge in [-0.3, -0.25) is 0 Å². The van der Waals surface area contributed by atoms with Crippen LogP contribution in [-0.4, -0.2) is 20.4 Å². The Hall–Kier alpha value is -0.189. The van der Waals surface area contributed by atoms with Crippen LogP contribution >= 0.6 is 0 Å². The monoisotopic (exact) mass is 410 g/mol. The molecule has 4 heteroatoms. The van der Waals surface area contributed by atoms with Crippen molar-refractivity contribution in [2.45, 2.75) is 68.5 Å². The summed E-state index contributed by atoms with van der Waals surface area (Å²) in [4.78, 5) is 0. The summed E-state index contributed by atoms with van der Waals surface area (Å²) in [5.41, 5.74) is 9.74. The minimum atomic E-state index is -1.36. The number of hydrogen-bond acceptors (Lipinski definition) is 2. The third-order valence-corrected chi connectivity index (χ3v) is 18.4. The average molecular weight is 410 g/mol. The molecule has 0 aromatic heterocycles. The van der Waals surface area contributed by atoms with E-state index in [1.54, 1.807) is 33.4 Å². The zero-order valence-corrected chi connectivity index (χ0v) is 21.5. The Kier molecular flexibility index (Phi) is 10.9. The minimum Gasteiger partial charge on any atom is -0.857 e. The third kappa shape index (κ3) is 4.62. The Morgan fingerprint density at radius 1 is 0.615 bits per heavy atom. The van der Waals surface area contributed by atoms with Gasteiger partial charge in [0.05, 0.1) is 0 Å². The van der Waals surface area contributed by atoms with Gasteiger partial charge in [0.15, 0.2) is 0 Å². The first kappa shape index (κ1) is 25.8. The summed E-state index contributed by atoms with van der Waals surface area (Å²) in [5.74, 6) is 1.40. The van der Waals surface area contributed by atoms with Crippen LogP contribution in [0.3, 0.4) is 0 Å². The van der Waals surface area contributed by atoms with Gasteiger partial charge >= 0.3 is 144 Å². The summed E-state index contributed by atoms with van der Waals surface area (Å²) in [5, 5.41) is 16.5. The minimum absolute atomic E-state index is 0.264. The Morgan fingerprint density at radius 3 is 1.04 bits per heavy atom. The van der Waals surface area contributed by atoms with Gasteiger partial charge < -0.3 is 10.2 Å². The summed E-state index contributed by atoms with van der Waals surface area (Å²) in [6.45, 7) is 24.3. The molecular formula is C22H38O2SiTi. The van der Waals surface area contributed by atoms with Gasteiger partial charge in [-0.25, -0.2) is 0 Å². The van der Waals surface area contributed by atoms with Crippen molar-refractivity contribution in [3.8, 4) is 0 Å². The van der Waals surface area contributed by atoms with Gasteiger partial charge in [-0.15, -0.1) is 0 Å². The van der Waals surface area contributed by atoms with Crippen LogP contribution < -0.4 is 10.2 Å². The van der Waals surface area contributed by atoms with E-state index in [2.05, 4.69) is 68.5 Å².